The number of hydrogen-bond acceptors (Lipinski definition) is 7. The molecule has 10 heteroatoms. The first kappa shape index (κ1) is 26.3. The topological polar surface area (TPSA) is 88.6 Å². The number of halogens is 2. The van der Waals surface area contributed by atoms with Crippen molar-refractivity contribution in [1.82, 2.24) is 14.9 Å². The molecular formula is C28H31ClFN5O3. The van der Waals surface area contributed by atoms with Crippen molar-refractivity contribution >= 4 is 45.6 Å². The van der Waals surface area contributed by atoms with Gasteiger partial charge in [-0.15, -0.1) is 0 Å². The van der Waals surface area contributed by atoms with E-state index in [0.717, 1.165) is 25.9 Å². The van der Waals surface area contributed by atoms with E-state index in [4.69, 9.17) is 21.1 Å². The minimum Gasteiger partial charge on any atom is -0.491 e. The molecule has 0 radical (unpaired) electrons. The molecule has 2 unspecified atom stereocenters. The first-order valence-corrected chi connectivity index (χ1v) is 13.2. The summed E-state index contributed by atoms with van der Waals surface area (Å²) < 4.78 is 25.5. The minimum absolute atomic E-state index is 0.00450. The van der Waals surface area contributed by atoms with Gasteiger partial charge in [0.15, 0.2) is 0 Å². The highest BCUT2D eigenvalue weighted by molar-refractivity contribution is 6.31. The van der Waals surface area contributed by atoms with Crippen molar-refractivity contribution in [3.05, 3.63) is 59.7 Å². The average Bonchev–Trinajstić information content (AvgIpc) is 3.69. The summed E-state index contributed by atoms with van der Waals surface area (Å²) in [6.07, 6.45) is 7.47. The third-order valence-corrected chi connectivity index (χ3v) is 6.77. The standard InChI is InChI=1S/C28H31ClFN5O3/c1-17-13-35(14-18(2)38-17)9-3-4-27(36)34-25-11-21-24(12-26(25)37-15-19-5-6-19)31-16-32-28(21)33-20-7-8-23(30)22(29)10-20/h3-4,7-8,10-12,16-19H,5-6,9,13-15H2,1-2H3,(H,34,36)(H,31,32,33). The van der Waals surface area contributed by atoms with Crippen LogP contribution < -0.4 is 15.4 Å². The fourth-order valence-corrected chi connectivity index (χ4v) is 4.70. The maximum absolute atomic E-state index is 13.6. The number of benzene rings is 2. The molecule has 1 saturated heterocycles. The number of carbonyl (C=O) groups is 1. The Bertz CT molecular complexity index is 1340. The number of nitrogens with one attached hydrogen (secondary N) is 2. The molecule has 2 heterocycles. The Hall–Kier alpha value is -3.27. The Morgan fingerprint density at radius 1 is 1.21 bits per heavy atom. The molecule has 1 saturated carbocycles. The zero-order valence-corrected chi connectivity index (χ0v) is 22.2. The van der Waals surface area contributed by atoms with Gasteiger partial charge in [-0.1, -0.05) is 17.7 Å². The number of rotatable bonds is 9. The van der Waals surface area contributed by atoms with E-state index in [1.54, 1.807) is 24.3 Å². The molecule has 2 aromatic carbocycles. The van der Waals surface area contributed by atoms with Crippen LogP contribution in [0.2, 0.25) is 5.02 Å². The number of anilines is 3. The molecule has 0 spiro atoms. The number of amides is 1. The monoisotopic (exact) mass is 539 g/mol. The van der Waals surface area contributed by atoms with E-state index < -0.39 is 5.82 Å². The van der Waals surface area contributed by atoms with Gasteiger partial charge in [-0.25, -0.2) is 14.4 Å². The molecule has 2 N–H and O–H groups in total. The lowest BCUT2D eigenvalue weighted by Gasteiger charge is -2.34. The predicted octanol–water partition coefficient (Wildman–Crippen LogP) is 5.56. The van der Waals surface area contributed by atoms with Crippen LogP contribution in [0.15, 0.2) is 48.8 Å². The Morgan fingerprint density at radius 2 is 2.00 bits per heavy atom. The van der Waals surface area contributed by atoms with Gasteiger partial charge < -0.3 is 20.1 Å². The van der Waals surface area contributed by atoms with Crippen molar-refractivity contribution in [2.45, 2.75) is 38.9 Å². The third kappa shape index (κ3) is 6.78. The van der Waals surface area contributed by atoms with Crippen LogP contribution in [0.25, 0.3) is 10.9 Å². The van der Waals surface area contributed by atoms with Crippen molar-refractivity contribution < 1.29 is 18.7 Å². The van der Waals surface area contributed by atoms with E-state index in [9.17, 15) is 9.18 Å². The second kappa shape index (κ2) is 11.6. The lowest BCUT2D eigenvalue weighted by Crippen LogP contribution is -2.45. The molecule has 0 bridgehead atoms. The van der Waals surface area contributed by atoms with Gasteiger partial charge in [0.1, 0.15) is 23.7 Å². The van der Waals surface area contributed by atoms with Crippen molar-refractivity contribution in [3.8, 4) is 5.75 Å². The number of fused-ring (bicyclic) bond motifs is 1. The highest BCUT2D eigenvalue weighted by Gasteiger charge is 2.23. The Balaban J connectivity index is 1.36. The highest BCUT2D eigenvalue weighted by atomic mass is 35.5. The Kier molecular flexibility index (Phi) is 8.06. The SMILES string of the molecule is CC1CN(CC=CC(=O)Nc2cc3c(Nc4ccc(F)c(Cl)c4)ncnc3cc2OCC2CC2)CC(C)O1. The summed E-state index contributed by atoms with van der Waals surface area (Å²) in [5.41, 5.74) is 1.74. The number of carbonyl (C=O) groups excluding carboxylic acids is 1. The summed E-state index contributed by atoms with van der Waals surface area (Å²) in [5, 5.41) is 6.80. The molecule has 1 amide bonds. The maximum Gasteiger partial charge on any atom is 0.248 e. The van der Waals surface area contributed by atoms with E-state index in [1.165, 1.54) is 18.5 Å². The van der Waals surface area contributed by atoms with Gasteiger partial charge in [-0.05, 0) is 56.9 Å². The number of aromatic nitrogens is 2. The lowest BCUT2D eigenvalue weighted by molar-refractivity contribution is -0.111. The molecule has 1 aliphatic carbocycles. The van der Waals surface area contributed by atoms with Crippen LogP contribution >= 0.6 is 11.6 Å². The van der Waals surface area contributed by atoms with Crippen molar-refractivity contribution in [3.63, 3.8) is 0 Å². The molecule has 1 aromatic heterocycles. The number of nitrogens with zero attached hydrogens (tertiary/aromatic N) is 3. The van der Waals surface area contributed by atoms with Gasteiger partial charge in [0, 0.05) is 42.9 Å². The summed E-state index contributed by atoms with van der Waals surface area (Å²) >= 11 is 5.94. The summed E-state index contributed by atoms with van der Waals surface area (Å²) in [5.74, 6) is 0.826. The number of ether oxygens (including phenoxy) is 2. The average molecular weight is 540 g/mol. The largest absolute Gasteiger partial charge is 0.491 e. The summed E-state index contributed by atoms with van der Waals surface area (Å²) in [6.45, 7) is 7.02. The fourth-order valence-electron chi connectivity index (χ4n) is 4.52. The van der Waals surface area contributed by atoms with Gasteiger partial charge in [-0.3, -0.25) is 9.69 Å². The highest BCUT2D eigenvalue weighted by Crippen LogP contribution is 2.36. The van der Waals surface area contributed by atoms with E-state index in [-0.39, 0.29) is 23.1 Å². The van der Waals surface area contributed by atoms with Crippen molar-refractivity contribution in [2.75, 3.05) is 36.9 Å². The molecule has 2 aliphatic rings. The Morgan fingerprint density at radius 3 is 2.74 bits per heavy atom. The molecule has 2 fully saturated rings. The number of hydrogen-bond donors (Lipinski definition) is 2. The quantitative estimate of drug-likeness (QED) is 0.344. The van der Waals surface area contributed by atoms with Gasteiger partial charge >= 0.3 is 0 Å². The van der Waals surface area contributed by atoms with Crippen LogP contribution in [0.5, 0.6) is 5.75 Å². The molecule has 5 rings (SSSR count). The first-order valence-electron chi connectivity index (χ1n) is 12.8. The molecule has 3 aromatic rings. The fraction of sp³-hybridized carbons (Fsp3) is 0.393. The van der Waals surface area contributed by atoms with Crippen LogP contribution in [0, 0.1) is 11.7 Å². The van der Waals surface area contributed by atoms with Crippen LogP contribution in [-0.4, -0.2) is 59.2 Å². The molecule has 8 nitrogen and oxygen atoms in total. The maximum atomic E-state index is 13.6. The van der Waals surface area contributed by atoms with E-state index in [1.807, 2.05) is 6.08 Å². The van der Waals surface area contributed by atoms with Gasteiger partial charge in [-0.2, -0.15) is 0 Å². The van der Waals surface area contributed by atoms with Crippen LogP contribution in [0.1, 0.15) is 26.7 Å². The smallest absolute Gasteiger partial charge is 0.248 e. The lowest BCUT2D eigenvalue weighted by atomic mass is 10.1. The van der Waals surface area contributed by atoms with Crippen LogP contribution in [-0.2, 0) is 9.53 Å². The van der Waals surface area contributed by atoms with E-state index in [2.05, 4.69) is 39.3 Å². The van der Waals surface area contributed by atoms with E-state index >= 15 is 0 Å². The van der Waals surface area contributed by atoms with Gasteiger partial charge in [0.05, 0.1) is 35.0 Å². The van der Waals surface area contributed by atoms with E-state index in [0.29, 0.717) is 52.9 Å². The second-order valence-corrected chi connectivity index (χ2v) is 10.4. The minimum atomic E-state index is -0.502. The Labute approximate surface area is 226 Å². The van der Waals surface area contributed by atoms with Crippen LogP contribution in [0.3, 0.4) is 0 Å². The summed E-state index contributed by atoms with van der Waals surface area (Å²) in [4.78, 5) is 23.9. The summed E-state index contributed by atoms with van der Waals surface area (Å²) in [6, 6.07) is 7.95. The molecular weight excluding hydrogens is 509 g/mol. The number of morpholine rings is 1. The predicted molar refractivity (Wildman–Crippen MR) is 147 cm³/mol. The zero-order valence-electron chi connectivity index (χ0n) is 21.4. The van der Waals surface area contributed by atoms with Gasteiger partial charge in [0.2, 0.25) is 5.91 Å². The molecule has 38 heavy (non-hydrogen) atoms. The van der Waals surface area contributed by atoms with Crippen LogP contribution in [0.4, 0.5) is 21.6 Å². The van der Waals surface area contributed by atoms with Gasteiger partial charge in [0.25, 0.3) is 0 Å². The second-order valence-electron chi connectivity index (χ2n) is 9.96. The normalized spacial score (nSPS) is 20.1. The molecule has 1 aliphatic heterocycles. The van der Waals surface area contributed by atoms with Crippen molar-refractivity contribution in [1.29, 1.82) is 0 Å². The third-order valence-electron chi connectivity index (χ3n) is 6.48. The molecule has 2 atom stereocenters. The molecule has 200 valence electrons. The first-order chi connectivity index (χ1) is 18.3. The van der Waals surface area contributed by atoms with Crippen molar-refractivity contribution in [2.24, 2.45) is 5.92 Å². The zero-order chi connectivity index (χ0) is 26.6. The summed E-state index contributed by atoms with van der Waals surface area (Å²) in [7, 11) is 0.